The number of fused-ring (bicyclic) bond motifs is 2. The van der Waals surface area contributed by atoms with Gasteiger partial charge in [0.15, 0.2) is 0 Å². The van der Waals surface area contributed by atoms with Crippen molar-refractivity contribution in [2.75, 3.05) is 0 Å². The predicted molar refractivity (Wildman–Crippen MR) is 86.4 cm³/mol. The normalized spacial score (nSPS) is 17.2. The van der Waals surface area contributed by atoms with Crippen molar-refractivity contribution in [2.24, 2.45) is 13.0 Å². The Labute approximate surface area is 133 Å². The van der Waals surface area contributed by atoms with Gasteiger partial charge < -0.3 is 9.55 Å². The molecule has 0 fully saturated rings. The highest BCUT2D eigenvalue weighted by Gasteiger charge is 2.32. The second kappa shape index (κ2) is 5.19. The van der Waals surface area contributed by atoms with E-state index in [4.69, 9.17) is 0 Å². The molecule has 23 heavy (non-hydrogen) atoms. The zero-order valence-electron chi connectivity index (χ0n) is 12.9. The van der Waals surface area contributed by atoms with Gasteiger partial charge in [-0.05, 0) is 25.3 Å². The molecule has 4 rings (SSSR count). The third-order valence-corrected chi connectivity index (χ3v) is 4.72. The number of H-pyrrole nitrogens is 1. The summed E-state index contributed by atoms with van der Waals surface area (Å²) >= 11 is 0. The van der Waals surface area contributed by atoms with Crippen LogP contribution in [-0.4, -0.2) is 26.1 Å². The monoisotopic (exact) mass is 307 g/mol. The number of para-hydroxylation sites is 1. The van der Waals surface area contributed by atoms with E-state index in [-0.39, 0.29) is 17.5 Å². The summed E-state index contributed by atoms with van der Waals surface area (Å²) in [6.45, 7) is 0. The second-order valence-electron chi connectivity index (χ2n) is 6.13. The van der Waals surface area contributed by atoms with Gasteiger partial charge in [-0.1, -0.05) is 18.2 Å². The maximum absolute atomic E-state index is 12.7. The van der Waals surface area contributed by atoms with Crippen molar-refractivity contribution in [1.29, 1.82) is 0 Å². The van der Waals surface area contributed by atoms with Gasteiger partial charge in [-0.2, -0.15) is 0 Å². The maximum Gasteiger partial charge on any atom is 0.231 e. The van der Waals surface area contributed by atoms with Crippen molar-refractivity contribution in [3.8, 4) is 0 Å². The third-order valence-electron chi connectivity index (χ3n) is 4.72. The highest BCUT2D eigenvalue weighted by Crippen LogP contribution is 2.27. The zero-order chi connectivity index (χ0) is 16.0. The van der Waals surface area contributed by atoms with E-state index in [2.05, 4.69) is 9.97 Å². The fraction of sp³-hybridized carbons (Fsp3) is 0.278. The van der Waals surface area contributed by atoms with Crippen LogP contribution in [0, 0.1) is 5.92 Å². The van der Waals surface area contributed by atoms with Crippen LogP contribution in [-0.2, 0) is 24.7 Å². The molecule has 2 aromatic heterocycles. The molecular weight excluding hydrogens is 290 g/mol. The number of aromatic amines is 1. The number of hydrogen-bond acceptors (Lipinski definition) is 3. The van der Waals surface area contributed by atoms with Crippen LogP contribution in [0.3, 0.4) is 0 Å². The number of nitrogens with one attached hydrogen (secondary N) is 1. The van der Waals surface area contributed by atoms with E-state index in [0.29, 0.717) is 18.4 Å². The first-order chi connectivity index (χ1) is 11.1. The lowest BCUT2D eigenvalue weighted by atomic mass is 9.84. The van der Waals surface area contributed by atoms with Crippen molar-refractivity contribution >= 4 is 22.5 Å². The Kier molecular flexibility index (Phi) is 3.15. The molecule has 0 saturated heterocycles. The lowest BCUT2D eigenvalue weighted by Gasteiger charge is -2.19. The van der Waals surface area contributed by atoms with Gasteiger partial charge in [0.2, 0.25) is 11.6 Å². The number of Topliss-reactive ketones (excluding diaryl/α,β-unsaturated/α-hetero) is 2. The van der Waals surface area contributed by atoms with Crippen LogP contribution in [0.2, 0.25) is 0 Å². The van der Waals surface area contributed by atoms with E-state index in [1.807, 2.05) is 35.9 Å². The molecule has 0 amide bonds. The Morgan fingerprint density at radius 1 is 1.30 bits per heavy atom. The average Bonchev–Trinajstić information content (AvgIpc) is 3.18. The molecule has 3 aromatic rings. The van der Waals surface area contributed by atoms with E-state index in [1.54, 1.807) is 12.5 Å². The largest absolute Gasteiger partial charge is 0.350 e. The minimum absolute atomic E-state index is 0.255. The van der Waals surface area contributed by atoms with Crippen molar-refractivity contribution in [3.63, 3.8) is 0 Å². The summed E-state index contributed by atoms with van der Waals surface area (Å²) in [5, 5.41) is 0.839. The summed E-state index contributed by atoms with van der Waals surface area (Å²) in [4.78, 5) is 32.7. The molecular formula is C18H17N3O2. The molecule has 5 nitrogen and oxygen atoms in total. The van der Waals surface area contributed by atoms with E-state index in [1.165, 1.54) is 0 Å². The molecule has 0 radical (unpaired) electrons. The summed E-state index contributed by atoms with van der Waals surface area (Å²) in [6.07, 6.45) is 5.43. The number of aryl methyl sites for hydroxylation is 2. The molecule has 2 heterocycles. The van der Waals surface area contributed by atoms with Gasteiger partial charge in [0.05, 0.1) is 17.6 Å². The van der Waals surface area contributed by atoms with Gasteiger partial charge in [0.25, 0.3) is 0 Å². The van der Waals surface area contributed by atoms with Crippen LogP contribution >= 0.6 is 0 Å². The second-order valence-corrected chi connectivity index (χ2v) is 6.13. The lowest BCUT2D eigenvalue weighted by Crippen LogP contribution is -2.29. The van der Waals surface area contributed by atoms with Crippen molar-refractivity contribution < 1.29 is 9.59 Å². The number of benzene rings is 1. The van der Waals surface area contributed by atoms with Crippen LogP contribution in [0.1, 0.15) is 28.2 Å². The minimum Gasteiger partial charge on any atom is -0.350 e. The molecule has 0 bridgehead atoms. The predicted octanol–water partition coefficient (Wildman–Crippen LogP) is 2.46. The Balaban J connectivity index is 1.65. The molecule has 1 atom stereocenters. The third kappa shape index (κ3) is 2.20. The summed E-state index contributed by atoms with van der Waals surface area (Å²) in [6, 6.07) is 7.66. The molecule has 1 aromatic carbocycles. The lowest BCUT2D eigenvalue weighted by molar-refractivity contribution is -0.119. The van der Waals surface area contributed by atoms with Gasteiger partial charge in [-0.25, -0.2) is 4.98 Å². The highest BCUT2D eigenvalue weighted by molar-refractivity contribution is 6.46. The van der Waals surface area contributed by atoms with Gasteiger partial charge in [-0.15, -0.1) is 0 Å². The summed E-state index contributed by atoms with van der Waals surface area (Å²) in [5.74, 6) is -0.925. The van der Waals surface area contributed by atoms with Crippen molar-refractivity contribution in [2.45, 2.75) is 19.3 Å². The van der Waals surface area contributed by atoms with Crippen LogP contribution in [0.5, 0.6) is 0 Å². The first kappa shape index (κ1) is 13.9. The maximum atomic E-state index is 12.7. The van der Waals surface area contributed by atoms with E-state index < -0.39 is 0 Å². The van der Waals surface area contributed by atoms with Crippen molar-refractivity contribution in [1.82, 2.24) is 14.5 Å². The first-order valence-electron chi connectivity index (χ1n) is 7.79. The summed E-state index contributed by atoms with van der Waals surface area (Å²) in [5.41, 5.74) is 3.47. The number of imidazole rings is 1. The van der Waals surface area contributed by atoms with Gasteiger partial charge in [-0.3, -0.25) is 9.59 Å². The molecule has 0 unspecified atom stereocenters. The summed E-state index contributed by atoms with van der Waals surface area (Å²) < 4.78 is 1.89. The Morgan fingerprint density at radius 2 is 2.13 bits per heavy atom. The molecule has 1 N–H and O–H groups in total. The SMILES string of the molecule is Cn1cc(C(=O)C(=O)[C@@H]2CCc3nc[nH]c3C2)c2ccccc21. The fourth-order valence-corrected chi connectivity index (χ4v) is 3.47. The number of ketones is 2. The molecule has 5 heteroatoms. The molecule has 1 aliphatic carbocycles. The van der Waals surface area contributed by atoms with Crippen molar-refractivity contribution in [3.05, 3.63) is 53.7 Å². The minimum atomic E-state index is -0.380. The van der Waals surface area contributed by atoms with E-state index >= 15 is 0 Å². The van der Waals surface area contributed by atoms with E-state index in [0.717, 1.165) is 28.7 Å². The van der Waals surface area contributed by atoms with Crippen LogP contribution in [0.4, 0.5) is 0 Å². The number of aromatic nitrogens is 3. The quantitative estimate of drug-likeness (QED) is 0.597. The van der Waals surface area contributed by atoms with Crippen LogP contribution in [0.15, 0.2) is 36.8 Å². The molecule has 0 spiro atoms. The Morgan fingerprint density at radius 3 is 3.00 bits per heavy atom. The van der Waals surface area contributed by atoms with Crippen LogP contribution < -0.4 is 0 Å². The fourth-order valence-electron chi connectivity index (χ4n) is 3.47. The topological polar surface area (TPSA) is 67.8 Å². The number of hydrogen-bond donors (Lipinski definition) is 1. The van der Waals surface area contributed by atoms with Gasteiger partial charge >= 0.3 is 0 Å². The van der Waals surface area contributed by atoms with Gasteiger partial charge in [0.1, 0.15) is 0 Å². The molecule has 0 aliphatic heterocycles. The zero-order valence-corrected chi connectivity index (χ0v) is 12.9. The Hall–Kier alpha value is -2.69. The summed E-state index contributed by atoms with van der Waals surface area (Å²) in [7, 11) is 1.89. The molecule has 1 aliphatic rings. The number of carbonyl (C=O) groups is 2. The number of carbonyl (C=O) groups excluding carboxylic acids is 2. The van der Waals surface area contributed by atoms with E-state index in [9.17, 15) is 9.59 Å². The van der Waals surface area contributed by atoms with Gasteiger partial charge in [0, 0.05) is 35.8 Å². The standard InChI is InChI=1S/C18H17N3O2/c1-21-9-13(12-4-2-3-5-16(12)21)18(23)17(22)11-6-7-14-15(8-11)20-10-19-14/h2-5,9-11H,6-8H2,1H3,(H,19,20)/t11-/m1/s1. The number of nitrogens with zero attached hydrogens (tertiary/aromatic N) is 2. The smallest absolute Gasteiger partial charge is 0.231 e. The highest BCUT2D eigenvalue weighted by atomic mass is 16.2. The van der Waals surface area contributed by atoms with Crippen LogP contribution in [0.25, 0.3) is 10.9 Å². The molecule has 0 saturated carbocycles. The first-order valence-corrected chi connectivity index (χ1v) is 7.79. The molecule has 116 valence electrons. The average molecular weight is 307 g/mol. The number of rotatable bonds is 3. The Bertz CT molecular complexity index is 919.